The van der Waals surface area contributed by atoms with E-state index < -0.39 is 15.9 Å². The molecule has 1 aromatic heterocycles. The highest BCUT2D eigenvalue weighted by Gasteiger charge is 2.20. The zero-order valence-electron chi connectivity index (χ0n) is 10.4. The number of nitrogens with one attached hydrogen (secondary N) is 1. The first kappa shape index (κ1) is 15.7. The van der Waals surface area contributed by atoms with Crippen LogP contribution in [-0.2, 0) is 10.0 Å². The maximum Gasteiger partial charge on any atom is 0.265 e. The van der Waals surface area contributed by atoms with E-state index in [1.54, 1.807) is 0 Å². The standard InChI is InChI=1S/C12H9BrClN3O3S/c13-8-5-10(11(14)16-6-8)21(19,20)17-9-3-1-2-7(4-9)12(15)18/h1-6,17H,(H2,15,18). The van der Waals surface area contributed by atoms with Gasteiger partial charge in [-0.2, -0.15) is 0 Å². The minimum Gasteiger partial charge on any atom is -0.366 e. The molecule has 1 heterocycles. The van der Waals surface area contributed by atoms with Crippen LogP contribution in [0.4, 0.5) is 5.69 Å². The summed E-state index contributed by atoms with van der Waals surface area (Å²) in [6.07, 6.45) is 1.38. The Morgan fingerprint density at radius 3 is 2.71 bits per heavy atom. The molecule has 0 bridgehead atoms. The SMILES string of the molecule is NC(=O)c1cccc(NS(=O)(=O)c2cc(Br)cnc2Cl)c1. The van der Waals surface area contributed by atoms with Crippen LogP contribution < -0.4 is 10.5 Å². The maximum atomic E-state index is 12.3. The summed E-state index contributed by atoms with van der Waals surface area (Å²) in [7, 11) is -3.94. The molecule has 110 valence electrons. The number of carbonyl (C=O) groups is 1. The monoisotopic (exact) mass is 389 g/mol. The summed E-state index contributed by atoms with van der Waals surface area (Å²) in [5.41, 5.74) is 5.53. The van der Waals surface area contributed by atoms with Crippen LogP contribution in [0.5, 0.6) is 0 Å². The van der Waals surface area contributed by atoms with Gasteiger partial charge in [0.25, 0.3) is 10.0 Å². The first-order chi connectivity index (χ1) is 9.79. The van der Waals surface area contributed by atoms with E-state index in [1.165, 1.54) is 36.5 Å². The van der Waals surface area contributed by atoms with Gasteiger partial charge in [0.1, 0.15) is 10.0 Å². The van der Waals surface area contributed by atoms with E-state index in [4.69, 9.17) is 17.3 Å². The topological polar surface area (TPSA) is 102 Å². The summed E-state index contributed by atoms with van der Waals surface area (Å²) < 4.78 is 27.4. The highest BCUT2D eigenvalue weighted by Crippen LogP contribution is 2.25. The summed E-state index contributed by atoms with van der Waals surface area (Å²) in [4.78, 5) is 14.7. The number of hydrogen-bond acceptors (Lipinski definition) is 4. The van der Waals surface area contributed by atoms with Gasteiger partial charge in [0.2, 0.25) is 5.91 Å². The minimum atomic E-state index is -3.94. The zero-order chi connectivity index (χ0) is 15.6. The maximum absolute atomic E-state index is 12.3. The van der Waals surface area contributed by atoms with Crippen molar-refractivity contribution in [2.45, 2.75) is 4.90 Å². The third-order valence-corrected chi connectivity index (χ3v) is 4.70. The highest BCUT2D eigenvalue weighted by molar-refractivity contribution is 9.10. The molecule has 0 aliphatic carbocycles. The molecule has 2 rings (SSSR count). The number of anilines is 1. The molecule has 1 amide bonds. The Kier molecular flexibility index (Phi) is 4.50. The Balaban J connectivity index is 2.40. The number of halogens is 2. The number of rotatable bonds is 4. The Morgan fingerprint density at radius 1 is 1.33 bits per heavy atom. The molecular formula is C12H9BrClN3O3S. The molecule has 0 aliphatic rings. The number of nitrogens with two attached hydrogens (primary N) is 1. The molecular weight excluding hydrogens is 382 g/mol. The van der Waals surface area contributed by atoms with Crippen molar-refractivity contribution >= 4 is 49.1 Å². The number of amides is 1. The van der Waals surface area contributed by atoms with Crippen LogP contribution in [-0.4, -0.2) is 19.3 Å². The third kappa shape index (κ3) is 3.72. The van der Waals surface area contributed by atoms with E-state index >= 15 is 0 Å². The second-order valence-corrected chi connectivity index (χ2v) is 6.92. The average molecular weight is 391 g/mol. The van der Waals surface area contributed by atoms with Crippen molar-refractivity contribution in [1.82, 2.24) is 4.98 Å². The Bertz CT molecular complexity index is 811. The predicted octanol–water partition coefficient (Wildman–Crippen LogP) is 2.40. The molecule has 1 aromatic carbocycles. The highest BCUT2D eigenvalue weighted by atomic mass is 79.9. The lowest BCUT2D eigenvalue weighted by molar-refractivity contribution is 0.100. The molecule has 21 heavy (non-hydrogen) atoms. The fraction of sp³-hybridized carbons (Fsp3) is 0. The van der Waals surface area contributed by atoms with Gasteiger partial charge in [-0.3, -0.25) is 9.52 Å². The molecule has 6 nitrogen and oxygen atoms in total. The predicted molar refractivity (Wildman–Crippen MR) is 82.7 cm³/mol. The molecule has 0 spiro atoms. The smallest absolute Gasteiger partial charge is 0.265 e. The third-order valence-electron chi connectivity index (χ3n) is 2.46. The van der Waals surface area contributed by atoms with Crippen molar-refractivity contribution in [2.75, 3.05) is 4.72 Å². The lowest BCUT2D eigenvalue weighted by Gasteiger charge is -2.10. The molecule has 0 fully saturated rings. The van der Waals surface area contributed by atoms with Gasteiger partial charge in [0, 0.05) is 21.9 Å². The first-order valence-electron chi connectivity index (χ1n) is 5.53. The first-order valence-corrected chi connectivity index (χ1v) is 8.19. The van der Waals surface area contributed by atoms with Crippen LogP contribution in [0.2, 0.25) is 5.15 Å². The second-order valence-electron chi connectivity index (χ2n) is 3.99. The van der Waals surface area contributed by atoms with Gasteiger partial charge in [0.05, 0.1) is 0 Å². The molecule has 3 N–H and O–H groups in total. The Hall–Kier alpha value is -1.64. The molecule has 9 heteroatoms. The molecule has 0 aliphatic heterocycles. The normalized spacial score (nSPS) is 11.1. The number of carbonyl (C=O) groups excluding carboxylic acids is 1. The number of primary amides is 1. The van der Waals surface area contributed by atoms with Crippen LogP contribution in [0.15, 0.2) is 45.9 Å². The van der Waals surface area contributed by atoms with Crippen LogP contribution in [0, 0.1) is 0 Å². The van der Waals surface area contributed by atoms with E-state index in [0.29, 0.717) is 4.47 Å². The van der Waals surface area contributed by atoms with E-state index in [9.17, 15) is 13.2 Å². The number of benzene rings is 1. The molecule has 0 saturated heterocycles. The van der Waals surface area contributed by atoms with Crippen molar-refractivity contribution in [2.24, 2.45) is 5.73 Å². The van der Waals surface area contributed by atoms with E-state index in [1.807, 2.05) is 0 Å². The van der Waals surface area contributed by atoms with Crippen molar-refractivity contribution < 1.29 is 13.2 Å². The van der Waals surface area contributed by atoms with Gasteiger partial charge in [-0.15, -0.1) is 0 Å². The van der Waals surface area contributed by atoms with Crippen molar-refractivity contribution in [3.05, 3.63) is 51.7 Å². The van der Waals surface area contributed by atoms with Crippen molar-refractivity contribution in [1.29, 1.82) is 0 Å². The quantitative estimate of drug-likeness (QED) is 0.782. The molecule has 0 atom stereocenters. The van der Waals surface area contributed by atoms with E-state index in [-0.39, 0.29) is 21.3 Å². The van der Waals surface area contributed by atoms with Crippen LogP contribution in [0.3, 0.4) is 0 Å². The number of hydrogen-bond donors (Lipinski definition) is 2. The van der Waals surface area contributed by atoms with Crippen molar-refractivity contribution in [3.63, 3.8) is 0 Å². The Labute approximate surface area is 134 Å². The van der Waals surface area contributed by atoms with Crippen molar-refractivity contribution in [3.8, 4) is 0 Å². The summed E-state index contributed by atoms with van der Waals surface area (Å²) in [6.45, 7) is 0. The van der Waals surface area contributed by atoms with Gasteiger partial charge in [-0.1, -0.05) is 17.7 Å². The van der Waals surface area contributed by atoms with Gasteiger partial charge < -0.3 is 5.73 Å². The molecule has 0 unspecified atom stereocenters. The summed E-state index contributed by atoms with van der Waals surface area (Å²) in [5.74, 6) is -0.654. The lowest BCUT2D eigenvalue weighted by atomic mass is 10.2. The number of sulfonamides is 1. The fourth-order valence-electron chi connectivity index (χ4n) is 1.54. The Morgan fingerprint density at radius 2 is 2.05 bits per heavy atom. The van der Waals surface area contributed by atoms with Crippen LogP contribution in [0.25, 0.3) is 0 Å². The molecule has 0 radical (unpaired) electrons. The van der Waals surface area contributed by atoms with E-state index in [0.717, 1.165) is 0 Å². The summed E-state index contributed by atoms with van der Waals surface area (Å²) in [6, 6.07) is 7.14. The van der Waals surface area contributed by atoms with Gasteiger partial charge in [-0.05, 0) is 40.2 Å². The number of nitrogens with zero attached hydrogens (tertiary/aromatic N) is 1. The fourth-order valence-corrected chi connectivity index (χ4v) is 3.53. The lowest BCUT2D eigenvalue weighted by Crippen LogP contribution is -2.15. The summed E-state index contributed by atoms with van der Waals surface area (Å²) in [5, 5.41) is -0.156. The summed E-state index contributed by atoms with van der Waals surface area (Å²) >= 11 is 8.93. The number of aromatic nitrogens is 1. The zero-order valence-corrected chi connectivity index (χ0v) is 13.5. The average Bonchev–Trinajstić information content (AvgIpc) is 2.41. The molecule has 0 saturated carbocycles. The van der Waals surface area contributed by atoms with Crippen LogP contribution >= 0.6 is 27.5 Å². The molecule has 2 aromatic rings. The van der Waals surface area contributed by atoms with Gasteiger partial charge in [-0.25, -0.2) is 13.4 Å². The van der Waals surface area contributed by atoms with E-state index in [2.05, 4.69) is 25.6 Å². The van der Waals surface area contributed by atoms with Gasteiger partial charge >= 0.3 is 0 Å². The minimum absolute atomic E-state index is 0.156. The number of pyridine rings is 1. The second kappa shape index (κ2) is 6.00. The largest absolute Gasteiger partial charge is 0.366 e. The van der Waals surface area contributed by atoms with Gasteiger partial charge in [0.15, 0.2) is 0 Å². The van der Waals surface area contributed by atoms with Crippen LogP contribution in [0.1, 0.15) is 10.4 Å².